The SMILES string of the molecule is COc1cc2nc(N3CCN(C(=O)Nc4ccc(F)cc4)CC3)nc(N)c2cc1OC. The summed E-state index contributed by atoms with van der Waals surface area (Å²) in [7, 11) is 3.12. The fraction of sp³-hybridized carbons (Fsp3) is 0.286. The molecule has 2 heterocycles. The minimum Gasteiger partial charge on any atom is -0.493 e. The highest BCUT2D eigenvalue weighted by Crippen LogP contribution is 2.34. The van der Waals surface area contributed by atoms with Gasteiger partial charge in [0.1, 0.15) is 11.6 Å². The van der Waals surface area contributed by atoms with Gasteiger partial charge in [0, 0.05) is 43.3 Å². The van der Waals surface area contributed by atoms with Crippen LogP contribution in [0, 0.1) is 5.82 Å². The predicted molar refractivity (Wildman–Crippen MR) is 116 cm³/mol. The molecule has 0 saturated carbocycles. The van der Waals surface area contributed by atoms with Gasteiger partial charge in [0.2, 0.25) is 5.95 Å². The molecule has 0 unspecified atom stereocenters. The van der Waals surface area contributed by atoms with Gasteiger partial charge in [-0.05, 0) is 30.3 Å². The van der Waals surface area contributed by atoms with Crippen molar-refractivity contribution in [2.45, 2.75) is 0 Å². The number of benzene rings is 2. The van der Waals surface area contributed by atoms with Gasteiger partial charge in [-0.15, -0.1) is 0 Å². The van der Waals surface area contributed by atoms with E-state index in [1.807, 2.05) is 4.90 Å². The molecule has 1 saturated heterocycles. The topological polar surface area (TPSA) is 106 Å². The third-order valence-corrected chi connectivity index (χ3v) is 5.16. The van der Waals surface area contributed by atoms with Crippen LogP contribution in [0.4, 0.5) is 26.6 Å². The van der Waals surface area contributed by atoms with Crippen LogP contribution < -0.4 is 25.4 Å². The van der Waals surface area contributed by atoms with Crippen molar-refractivity contribution in [3.8, 4) is 11.5 Å². The second-order valence-electron chi connectivity index (χ2n) is 7.04. The number of piperazine rings is 1. The number of nitrogens with two attached hydrogens (primary N) is 1. The molecule has 1 aliphatic heterocycles. The van der Waals surface area contributed by atoms with Crippen LogP contribution in [0.3, 0.4) is 0 Å². The number of urea groups is 1. The lowest BCUT2D eigenvalue weighted by Crippen LogP contribution is -2.50. The smallest absolute Gasteiger partial charge is 0.321 e. The van der Waals surface area contributed by atoms with Crippen molar-refractivity contribution in [1.29, 1.82) is 0 Å². The molecule has 0 spiro atoms. The number of hydrogen-bond acceptors (Lipinski definition) is 7. The van der Waals surface area contributed by atoms with E-state index in [4.69, 9.17) is 15.2 Å². The second-order valence-corrected chi connectivity index (χ2v) is 7.04. The Morgan fingerprint density at radius 2 is 1.68 bits per heavy atom. The van der Waals surface area contributed by atoms with Gasteiger partial charge < -0.3 is 30.3 Å². The van der Waals surface area contributed by atoms with Crippen LogP contribution in [0.5, 0.6) is 11.5 Å². The molecule has 4 rings (SSSR count). The molecule has 1 aliphatic rings. The largest absolute Gasteiger partial charge is 0.493 e. The van der Waals surface area contributed by atoms with E-state index in [0.717, 1.165) is 0 Å². The molecular weight excluding hydrogens is 403 g/mol. The summed E-state index contributed by atoms with van der Waals surface area (Å²) in [5.74, 6) is 1.60. The van der Waals surface area contributed by atoms with Crippen molar-refractivity contribution in [1.82, 2.24) is 14.9 Å². The van der Waals surface area contributed by atoms with Crippen molar-refractivity contribution in [2.75, 3.05) is 56.3 Å². The summed E-state index contributed by atoms with van der Waals surface area (Å²) in [6.07, 6.45) is 0. The Balaban J connectivity index is 1.46. The van der Waals surface area contributed by atoms with E-state index in [1.165, 1.54) is 24.3 Å². The Hall–Kier alpha value is -3.82. The number of methoxy groups -OCH3 is 2. The lowest BCUT2D eigenvalue weighted by Gasteiger charge is -2.34. The Bertz CT molecular complexity index is 1100. The number of rotatable bonds is 4. The second kappa shape index (κ2) is 8.50. The lowest BCUT2D eigenvalue weighted by molar-refractivity contribution is 0.208. The number of ether oxygens (including phenoxy) is 2. The number of nitrogens with one attached hydrogen (secondary N) is 1. The third-order valence-electron chi connectivity index (χ3n) is 5.16. The first-order valence-electron chi connectivity index (χ1n) is 9.74. The molecule has 3 aromatic rings. The first kappa shape index (κ1) is 20.5. The molecule has 3 N–H and O–H groups in total. The molecule has 1 aromatic heterocycles. The van der Waals surface area contributed by atoms with Crippen molar-refractivity contribution in [2.24, 2.45) is 0 Å². The normalized spacial score (nSPS) is 13.9. The molecule has 10 heteroatoms. The van der Waals surface area contributed by atoms with E-state index in [-0.39, 0.29) is 11.8 Å². The van der Waals surface area contributed by atoms with Crippen molar-refractivity contribution in [3.63, 3.8) is 0 Å². The van der Waals surface area contributed by atoms with Gasteiger partial charge in [-0.25, -0.2) is 14.2 Å². The Labute approximate surface area is 178 Å². The quantitative estimate of drug-likeness (QED) is 0.661. The van der Waals surface area contributed by atoms with Gasteiger partial charge in [0.05, 0.1) is 19.7 Å². The summed E-state index contributed by atoms with van der Waals surface area (Å²) < 4.78 is 23.7. The zero-order chi connectivity index (χ0) is 22.0. The number of amides is 2. The van der Waals surface area contributed by atoms with Crippen LogP contribution in [0.25, 0.3) is 10.9 Å². The maximum Gasteiger partial charge on any atom is 0.321 e. The minimum atomic E-state index is -0.350. The number of halogens is 1. The van der Waals surface area contributed by atoms with Crippen molar-refractivity contribution in [3.05, 3.63) is 42.2 Å². The van der Waals surface area contributed by atoms with Crippen LogP contribution in [0.2, 0.25) is 0 Å². The molecule has 9 nitrogen and oxygen atoms in total. The van der Waals surface area contributed by atoms with Crippen molar-refractivity contribution < 1.29 is 18.7 Å². The predicted octanol–water partition coefficient (Wildman–Crippen LogP) is 2.72. The van der Waals surface area contributed by atoms with Crippen LogP contribution in [0.15, 0.2) is 36.4 Å². The summed E-state index contributed by atoms with van der Waals surface area (Å²) in [6.45, 7) is 2.07. The van der Waals surface area contributed by atoms with Crippen LogP contribution in [-0.2, 0) is 0 Å². The van der Waals surface area contributed by atoms with E-state index >= 15 is 0 Å². The number of carbonyl (C=O) groups excluding carboxylic acids is 1. The molecule has 2 aromatic carbocycles. The molecule has 31 heavy (non-hydrogen) atoms. The number of nitrogen functional groups attached to an aromatic ring is 1. The van der Waals surface area contributed by atoms with Gasteiger partial charge >= 0.3 is 6.03 Å². The van der Waals surface area contributed by atoms with E-state index in [0.29, 0.717) is 66.0 Å². The number of aromatic nitrogens is 2. The standard InChI is InChI=1S/C21H23FN6O3/c1-30-17-11-15-16(12-18(17)31-2)25-20(26-19(15)23)27-7-9-28(10-8-27)21(29)24-14-5-3-13(22)4-6-14/h3-6,11-12H,7-10H2,1-2H3,(H,24,29)(H2,23,25,26). The number of nitrogens with zero attached hydrogens (tertiary/aromatic N) is 4. The Kier molecular flexibility index (Phi) is 5.61. The van der Waals surface area contributed by atoms with E-state index in [1.54, 1.807) is 31.3 Å². The average molecular weight is 426 g/mol. The number of carbonyl (C=O) groups is 1. The summed E-state index contributed by atoms with van der Waals surface area (Å²) in [6, 6.07) is 8.95. The number of fused-ring (bicyclic) bond motifs is 1. The first-order chi connectivity index (χ1) is 15.0. The van der Waals surface area contributed by atoms with Gasteiger partial charge in [0.15, 0.2) is 11.5 Å². The Morgan fingerprint density at radius 3 is 2.32 bits per heavy atom. The molecule has 0 radical (unpaired) electrons. The third kappa shape index (κ3) is 4.23. The highest BCUT2D eigenvalue weighted by molar-refractivity contribution is 5.92. The zero-order valence-electron chi connectivity index (χ0n) is 17.3. The summed E-state index contributed by atoms with van der Waals surface area (Å²) in [5.41, 5.74) is 7.37. The molecule has 0 bridgehead atoms. The average Bonchev–Trinajstić information content (AvgIpc) is 2.79. The minimum absolute atomic E-state index is 0.234. The lowest BCUT2D eigenvalue weighted by atomic mass is 10.2. The highest BCUT2D eigenvalue weighted by Gasteiger charge is 2.24. The summed E-state index contributed by atoms with van der Waals surface area (Å²) in [5, 5.41) is 3.45. The van der Waals surface area contributed by atoms with Gasteiger partial charge in [-0.3, -0.25) is 0 Å². The van der Waals surface area contributed by atoms with Crippen LogP contribution in [-0.4, -0.2) is 61.3 Å². The highest BCUT2D eigenvalue weighted by atomic mass is 19.1. The molecule has 162 valence electrons. The summed E-state index contributed by atoms with van der Waals surface area (Å²) >= 11 is 0. The van der Waals surface area contributed by atoms with E-state index < -0.39 is 0 Å². The maximum atomic E-state index is 13.0. The van der Waals surface area contributed by atoms with Gasteiger partial charge in [-0.2, -0.15) is 4.98 Å². The number of hydrogen-bond donors (Lipinski definition) is 2. The van der Waals surface area contributed by atoms with E-state index in [9.17, 15) is 9.18 Å². The fourth-order valence-electron chi connectivity index (χ4n) is 3.45. The van der Waals surface area contributed by atoms with E-state index in [2.05, 4.69) is 15.3 Å². The first-order valence-corrected chi connectivity index (χ1v) is 9.74. The number of anilines is 3. The monoisotopic (exact) mass is 426 g/mol. The maximum absolute atomic E-state index is 13.0. The van der Waals surface area contributed by atoms with Crippen LogP contribution >= 0.6 is 0 Å². The molecule has 1 fully saturated rings. The summed E-state index contributed by atoms with van der Waals surface area (Å²) in [4.78, 5) is 25.2. The Morgan fingerprint density at radius 1 is 1.03 bits per heavy atom. The van der Waals surface area contributed by atoms with Crippen LogP contribution in [0.1, 0.15) is 0 Å². The fourth-order valence-corrected chi connectivity index (χ4v) is 3.45. The van der Waals surface area contributed by atoms with Crippen molar-refractivity contribution >= 4 is 34.4 Å². The van der Waals surface area contributed by atoms with Gasteiger partial charge in [0.25, 0.3) is 0 Å². The molecular formula is C21H23FN6O3. The zero-order valence-corrected chi connectivity index (χ0v) is 17.3. The molecule has 2 amide bonds. The van der Waals surface area contributed by atoms with Gasteiger partial charge in [-0.1, -0.05) is 0 Å². The molecule has 0 aliphatic carbocycles. The molecule has 0 atom stereocenters.